The molecule has 1 rings (SSSR count). The molecule has 8 heteroatoms. The zero-order chi connectivity index (χ0) is 16.0. The van der Waals surface area contributed by atoms with Crippen LogP contribution in [-0.2, 0) is 10.0 Å². The highest BCUT2D eigenvalue weighted by Crippen LogP contribution is 2.20. The van der Waals surface area contributed by atoms with Crippen LogP contribution < -0.4 is 15.8 Å². The summed E-state index contributed by atoms with van der Waals surface area (Å²) >= 11 is 0. The summed E-state index contributed by atoms with van der Waals surface area (Å²) in [5.74, 6) is -0.204. The Kier molecular flexibility index (Phi) is 5.98. The monoisotopic (exact) mass is 314 g/mol. The lowest BCUT2D eigenvalue weighted by Gasteiger charge is -2.14. The molecule has 0 radical (unpaired) electrons. The summed E-state index contributed by atoms with van der Waals surface area (Å²) in [6.45, 7) is 2.29. The number of hydrogen-bond donors (Lipinski definition) is 3. The fourth-order valence-electron chi connectivity index (χ4n) is 1.71. The maximum absolute atomic E-state index is 11.9. The van der Waals surface area contributed by atoms with Crippen LogP contribution >= 0.6 is 0 Å². The number of nitrogens with zero attached hydrogens (tertiary/aromatic N) is 1. The lowest BCUT2D eigenvalue weighted by Crippen LogP contribution is -2.29. The maximum Gasteiger partial charge on any atom is 0.253 e. The molecule has 21 heavy (non-hydrogen) atoms. The molecule has 7 nitrogen and oxygen atoms in total. The Morgan fingerprint density at radius 3 is 2.57 bits per heavy atom. The molecule has 0 aromatic heterocycles. The van der Waals surface area contributed by atoms with Crippen LogP contribution in [0.15, 0.2) is 18.2 Å². The standard InChI is InChI=1S/C13H22N4O3S/c1-4-16-21(19,20)8-7-15-12-9-10(5-6-11(12)14)13(18)17(2)3/h5-6,9,15-16H,4,7-8,14H2,1-3H3. The summed E-state index contributed by atoms with van der Waals surface area (Å²) in [5.41, 5.74) is 7.33. The molecule has 0 fully saturated rings. The lowest BCUT2D eigenvalue weighted by molar-refractivity contribution is 0.0827. The molecule has 0 saturated carbocycles. The summed E-state index contributed by atoms with van der Waals surface area (Å²) in [6.07, 6.45) is 0. The molecule has 1 amide bonds. The first kappa shape index (κ1) is 17.3. The number of sulfonamides is 1. The van der Waals surface area contributed by atoms with Crippen LogP contribution in [0.4, 0.5) is 11.4 Å². The average molecular weight is 314 g/mol. The zero-order valence-electron chi connectivity index (χ0n) is 12.5. The van der Waals surface area contributed by atoms with Crippen molar-refractivity contribution in [1.82, 2.24) is 9.62 Å². The Labute approximate surface area is 125 Å². The Balaban J connectivity index is 2.75. The van der Waals surface area contributed by atoms with Gasteiger partial charge in [0.15, 0.2) is 0 Å². The van der Waals surface area contributed by atoms with E-state index in [1.807, 2.05) is 0 Å². The molecule has 0 saturated heterocycles. The second-order valence-corrected chi connectivity index (χ2v) is 6.67. The van der Waals surface area contributed by atoms with Crippen LogP contribution in [-0.4, -0.2) is 52.2 Å². The highest BCUT2D eigenvalue weighted by molar-refractivity contribution is 7.89. The van der Waals surface area contributed by atoms with Gasteiger partial charge in [-0.2, -0.15) is 0 Å². The van der Waals surface area contributed by atoms with Gasteiger partial charge in [-0.05, 0) is 18.2 Å². The largest absolute Gasteiger partial charge is 0.397 e. The predicted octanol–water partition coefficient (Wildman–Crippen LogP) is 0.322. The van der Waals surface area contributed by atoms with Crippen LogP contribution in [0.25, 0.3) is 0 Å². The van der Waals surface area contributed by atoms with Gasteiger partial charge in [0.05, 0.1) is 17.1 Å². The summed E-state index contributed by atoms with van der Waals surface area (Å²) in [7, 11) is 0.0400. The Hall–Kier alpha value is -1.80. The van der Waals surface area contributed by atoms with E-state index < -0.39 is 10.0 Å². The molecule has 118 valence electrons. The third-order valence-electron chi connectivity index (χ3n) is 2.76. The highest BCUT2D eigenvalue weighted by Gasteiger charge is 2.11. The smallest absolute Gasteiger partial charge is 0.253 e. The minimum Gasteiger partial charge on any atom is -0.397 e. The number of nitrogens with two attached hydrogens (primary N) is 1. The van der Waals surface area contributed by atoms with Crippen LogP contribution in [0, 0.1) is 0 Å². The van der Waals surface area contributed by atoms with E-state index in [9.17, 15) is 13.2 Å². The summed E-state index contributed by atoms with van der Waals surface area (Å²) in [5, 5.41) is 2.95. The van der Waals surface area contributed by atoms with E-state index in [4.69, 9.17) is 5.73 Å². The maximum atomic E-state index is 11.9. The SMILES string of the molecule is CCNS(=O)(=O)CCNc1cc(C(=O)N(C)C)ccc1N. The molecule has 0 aliphatic rings. The normalized spacial score (nSPS) is 11.2. The van der Waals surface area contributed by atoms with Crippen LogP contribution in [0.2, 0.25) is 0 Å². The molecule has 0 bridgehead atoms. The van der Waals surface area contributed by atoms with Crippen molar-refractivity contribution < 1.29 is 13.2 Å². The van der Waals surface area contributed by atoms with E-state index >= 15 is 0 Å². The molecule has 4 N–H and O–H groups in total. The number of anilines is 2. The van der Waals surface area contributed by atoms with Crippen molar-refractivity contribution in [3.63, 3.8) is 0 Å². The second kappa shape index (κ2) is 7.28. The molecule has 0 aliphatic heterocycles. The Morgan fingerprint density at radius 1 is 1.33 bits per heavy atom. The Morgan fingerprint density at radius 2 is 2.00 bits per heavy atom. The van der Waals surface area contributed by atoms with Gasteiger partial charge in [0.1, 0.15) is 0 Å². The highest BCUT2D eigenvalue weighted by atomic mass is 32.2. The number of nitrogens with one attached hydrogen (secondary N) is 2. The Bertz CT molecular complexity index is 599. The van der Waals surface area contributed by atoms with Gasteiger partial charge in [-0.3, -0.25) is 4.79 Å². The number of nitrogen functional groups attached to an aromatic ring is 1. The summed E-state index contributed by atoms with van der Waals surface area (Å²) in [6, 6.07) is 4.88. The van der Waals surface area contributed by atoms with Gasteiger partial charge in [0.25, 0.3) is 5.91 Å². The first-order chi connectivity index (χ1) is 9.76. The van der Waals surface area contributed by atoms with E-state index in [0.717, 1.165) is 0 Å². The molecule has 1 aromatic carbocycles. The van der Waals surface area contributed by atoms with E-state index in [2.05, 4.69) is 10.0 Å². The minimum atomic E-state index is -3.28. The molecule has 0 spiro atoms. The molecular formula is C13H22N4O3S. The number of benzene rings is 1. The number of amides is 1. The van der Waals surface area contributed by atoms with E-state index in [1.165, 1.54) is 4.90 Å². The fourth-order valence-corrected chi connectivity index (χ4v) is 2.67. The predicted molar refractivity (Wildman–Crippen MR) is 84.8 cm³/mol. The quantitative estimate of drug-likeness (QED) is 0.629. The van der Waals surface area contributed by atoms with Gasteiger partial charge in [0, 0.05) is 32.7 Å². The lowest BCUT2D eigenvalue weighted by atomic mass is 10.1. The number of rotatable bonds is 7. The number of hydrogen-bond acceptors (Lipinski definition) is 5. The van der Waals surface area contributed by atoms with Crippen molar-refractivity contribution >= 4 is 27.3 Å². The van der Waals surface area contributed by atoms with E-state index in [0.29, 0.717) is 23.5 Å². The molecule has 0 aliphatic carbocycles. The van der Waals surface area contributed by atoms with Crippen molar-refractivity contribution in [3.8, 4) is 0 Å². The van der Waals surface area contributed by atoms with Crippen molar-refractivity contribution in [2.45, 2.75) is 6.92 Å². The van der Waals surface area contributed by atoms with Crippen molar-refractivity contribution in [1.29, 1.82) is 0 Å². The van der Waals surface area contributed by atoms with Crippen molar-refractivity contribution in [2.75, 3.05) is 44.0 Å². The number of carbonyl (C=O) groups excluding carboxylic acids is 1. The van der Waals surface area contributed by atoms with Crippen LogP contribution in [0.1, 0.15) is 17.3 Å². The first-order valence-electron chi connectivity index (χ1n) is 6.59. The summed E-state index contributed by atoms with van der Waals surface area (Å²) < 4.78 is 25.5. The second-order valence-electron chi connectivity index (χ2n) is 4.75. The third kappa shape index (κ3) is 5.24. The van der Waals surface area contributed by atoms with Crippen LogP contribution in [0.3, 0.4) is 0 Å². The summed E-state index contributed by atoms with van der Waals surface area (Å²) in [4.78, 5) is 13.3. The van der Waals surface area contributed by atoms with Crippen molar-refractivity contribution in [2.24, 2.45) is 0 Å². The minimum absolute atomic E-state index is 0.0634. The van der Waals surface area contributed by atoms with Gasteiger partial charge in [-0.25, -0.2) is 13.1 Å². The molecule has 0 heterocycles. The van der Waals surface area contributed by atoms with Gasteiger partial charge in [-0.1, -0.05) is 6.92 Å². The van der Waals surface area contributed by atoms with E-state index in [1.54, 1.807) is 39.2 Å². The zero-order valence-corrected chi connectivity index (χ0v) is 13.3. The van der Waals surface area contributed by atoms with E-state index in [-0.39, 0.29) is 18.2 Å². The van der Waals surface area contributed by atoms with Gasteiger partial charge in [0.2, 0.25) is 10.0 Å². The fraction of sp³-hybridized carbons (Fsp3) is 0.462. The molecule has 1 aromatic rings. The molecule has 0 atom stereocenters. The third-order valence-corrected chi connectivity index (χ3v) is 4.23. The van der Waals surface area contributed by atoms with Crippen molar-refractivity contribution in [3.05, 3.63) is 23.8 Å². The average Bonchev–Trinajstić information content (AvgIpc) is 2.39. The van der Waals surface area contributed by atoms with Gasteiger partial charge >= 0.3 is 0 Å². The molecule has 0 unspecified atom stereocenters. The topological polar surface area (TPSA) is 105 Å². The van der Waals surface area contributed by atoms with Gasteiger partial charge < -0.3 is 16.0 Å². The molecular weight excluding hydrogens is 292 g/mol. The van der Waals surface area contributed by atoms with Gasteiger partial charge in [-0.15, -0.1) is 0 Å². The first-order valence-corrected chi connectivity index (χ1v) is 8.24. The van der Waals surface area contributed by atoms with Crippen LogP contribution in [0.5, 0.6) is 0 Å². The number of carbonyl (C=O) groups is 1.